The van der Waals surface area contributed by atoms with Crippen molar-refractivity contribution in [3.63, 3.8) is 0 Å². The first-order valence-electron chi connectivity index (χ1n) is 6.15. The van der Waals surface area contributed by atoms with Gasteiger partial charge in [-0.2, -0.15) is 5.26 Å². The molecule has 19 heavy (non-hydrogen) atoms. The van der Waals surface area contributed by atoms with E-state index in [9.17, 15) is 8.42 Å². The zero-order valence-corrected chi connectivity index (χ0v) is 11.4. The first kappa shape index (κ1) is 13.8. The van der Waals surface area contributed by atoms with E-state index in [0.29, 0.717) is 25.3 Å². The molecule has 1 heterocycles. The molecule has 0 bridgehead atoms. The molecule has 0 amide bonds. The standard InChI is InChI=1S/C13H16N2O3S/c14-11-12-1-3-13(4-2-12)18-8-5-15-6-9-19(16,17)10-7-15/h1-4H,5-10H2. The van der Waals surface area contributed by atoms with E-state index in [1.807, 2.05) is 6.07 Å². The highest BCUT2D eigenvalue weighted by Crippen LogP contribution is 2.11. The van der Waals surface area contributed by atoms with Gasteiger partial charge in [0.1, 0.15) is 12.4 Å². The molecule has 1 aromatic carbocycles. The lowest BCUT2D eigenvalue weighted by molar-refractivity contribution is 0.219. The van der Waals surface area contributed by atoms with Gasteiger partial charge < -0.3 is 4.74 Å². The third-order valence-electron chi connectivity index (χ3n) is 3.10. The van der Waals surface area contributed by atoms with Gasteiger partial charge in [-0.25, -0.2) is 8.42 Å². The Morgan fingerprint density at radius 2 is 1.84 bits per heavy atom. The SMILES string of the molecule is N#Cc1ccc(OCCN2CCS(=O)(=O)CC2)cc1. The quantitative estimate of drug-likeness (QED) is 0.810. The van der Waals surface area contributed by atoms with Gasteiger partial charge >= 0.3 is 0 Å². The van der Waals surface area contributed by atoms with Crippen molar-refractivity contribution in [2.45, 2.75) is 0 Å². The van der Waals surface area contributed by atoms with Gasteiger partial charge in [-0.05, 0) is 24.3 Å². The van der Waals surface area contributed by atoms with Crippen molar-refractivity contribution in [2.75, 3.05) is 37.7 Å². The Morgan fingerprint density at radius 3 is 2.42 bits per heavy atom. The maximum Gasteiger partial charge on any atom is 0.152 e. The number of sulfone groups is 1. The van der Waals surface area contributed by atoms with Crippen LogP contribution >= 0.6 is 0 Å². The summed E-state index contributed by atoms with van der Waals surface area (Å²) in [7, 11) is -2.81. The summed E-state index contributed by atoms with van der Waals surface area (Å²) >= 11 is 0. The molecule has 0 radical (unpaired) electrons. The van der Waals surface area contributed by atoms with Crippen molar-refractivity contribution in [1.82, 2.24) is 4.90 Å². The summed E-state index contributed by atoms with van der Waals surface area (Å²) < 4.78 is 28.1. The topological polar surface area (TPSA) is 70.4 Å². The average molecular weight is 280 g/mol. The molecule has 5 nitrogen and oxygen atoms in total. The van der Waals surface area contributed by atoms with Crippen LogP contribution in [-0.2, 0) is 9.84 Å². The zero-order chi connectivity index (χ0) is 13.7. The molecule has 1 saturated heterocycles. The van der Waals surface area contributed by atoms with Crippen LogP contribution in [0.5, 0.6) is 5.75 Å². The highest BCUT2D eigenvalue weighted by molar-refractivity contribution is 7.91. The van der Waals surface area contributed by atoms with E-state index in [1.165, 1.54) is 0 Å². The number of ether oxygens (including phenoxy) is 1. The molecule has 0 spiro atoms. The van der Waals surface area contributed by atoms with Crippen LogP contribution in [0.25, 0.3) is 0 Å². The van der Waals surface area contributed by atoms with Gasteiger partial charge in [0.2, 0.25) is 0 Å². The lowest BCUT2D eigenvalue weighted by Gasteiger charge is -2.26. The van der Waals surface area contributed by atoms with Gasteiger partial charge in [-0.3, -0.25) is 4.90 Å². The van der Waals surface area contributed by atoms with Gasteiger partial charge in [0.05, 0.1) is 23.1 Å². The fraction of sp³-hybridized carbons (Fsp3) is 0.462. The van der Waals surface area contributed by atoms with Crippen LogP contribution in [0.2, 0.25) is 0 Å². The van der Waals surface area contributed by atoms with E-state index in [-0.39, 0.29) is 11.5 Å². The molecule has 1 aliphatic rings. The van der Waals surface area contributed by atoms with Crippen LogP contribution in [0.15, 0.2) is 24.3 Å². The van der Waals surface area contributed by atoms with Gasteiger partial charge in [0, 0.05) is 19.6 Å². The molecule has 1 fully saturated rings. The maximum atomic E-state index is 11.3. The molecular weight excluding hydrogens is 264 g/mol. The van der Waals surface area contributed by atoms with Crippen molar-refractivity contribution in [3.8, 4) is 11.8 Å². The Bertz CT molecular complexity index is 547. The maximum absolute atomic E-state index is 11.3. The highest BCUT2D eigenvalue weighted by atomic mass is 32.2. The predicted molar refractivity (Wildman–Crippen MR) is 71.7 cm³/mol. The van der Waals surface area contributed by atoms with Gasteiger partial charge in [0.25, 0.3) is 0 Å². The molecule has 0 atom stereocenters. The first-order valence-corrected chi connectivity index (χ1v) is 7.97. The second kappa shape index (κ2) is 6.04. The van der Waals surface area contributed by atoms with Crippen LogP contribution in [0.4, 0.5) is 0 Å². The summed E-state index contributed by atoms with van der Waals surface area (Å²) in [5.74, 6) is 1.21. The van der Waals surface area contributed by atoms with E-state index < -0.39 is 9.84 Å². The molecule has 0 unspecified atom stereocenters. The molecule has 1 aliphatic heterocycles. The van der Waals surface area contributed by atoms with Crippen molar-refractivity contribution in [1.29, 1.82) is 5.26 Å². The minimum Gasteiger partial charge on any atom is -0.492 e. The van der Waals surface area contributed by atoms with Gasteiger partial charge in [-0.15, -0.1) is 0 Å². The summed E-state index contributed by atoms with van der Waals surface area (Å²) in [4.78, 5) is 2.09. The van der Waals surface area contributed by atoms with E-state index in [4.69, 9.17) is 10.00 Å². The monoisotopic (exact) mass is 280 g/mol. The Morgan fingerprint density at radius 1 is 1.21 bits per heavy atom. The molecule has 6 heteroatoms. The minimum absolute atomic E-state index is 0.240. The number of hydrogen-bond acceptors (Lipinski definition) is 5. The van der Waals surface area contributed by atoms with Crippen LogP contribution in [0.1, 0.15) is 5.56 Å². The second-order valence-electron chi connectivity index (χ2n) is 4.48. The smallest absolute Gasteiger partial charge is 0.152 e. The van der Waals surface area contributed by atoms with Crippen molar-refractivity contribution in [3.05, 3.63) is 29.8 Å². The van der Waals surface area contributed by atoms with Crippen molar-refractivity contribution >= 4 is 9.84 Å². The number of hydrogen-bond donors (Lipinski definition) is 0. The third-order valence-corrected chi connectivity index (χ3v) is 4.71. The predicted octanol–water partition coefficient (Wildman–Crippen LogP) is 0.667. The Balaban J connectivity index is 1.73. The highest BCUT2D eigenvalue weighted by Gasteiger charge is 2.20. The number of nitrogens with zero attached hydrogens (tertiary/aromatic N) is 2. The van der Waals surface area contributed by atoms with Crippen LogP contribution < -0.4 is 4.74 Å². The molecule has 0 N–H and O–H groups in total. The first-order chi connectivity index (χ1) is 9.09. The van der Waals surface area contributed by atoms with Crippen LogP contribution in [0, 0.1) is 11.3 Å². The molecular formula is C13H16N2O3S. The second-order valence-corrected chi connectivity index (χ2v) is 6.78. The van der Waals surface area contributed by atoms with E-state index >= 15 is 0 Å². The van der Waals surface area contributed by atoms with E-state index in [1.54, 1.807) is 24.3 Å². The Kier molecular flexibility index (Phi) is 4.40. The fourth-order valence-electron chi connectivity index (χ4n) is 1.89. The summed E-state index contributed by atoms with van der Waals surface area (Å²) in [6.07, 6.45) is 0. The molecule has 0 aliphatic carbocycles. The van der Waals surface area contributed by atoms with E-state index in [2.05, 4.69) is 4.90 Å². The lowest BCUT2D eigenvalue weighted by atomic mass is 10.2. The largest absolute Gasteiger partial charge is 0.492 e. The Hall–Kier alpha value is -1.58. The molecule has 0 aromatic heterocycles. The van der Waals surface area contributed by atoms with Gasteiger partial charge in [-0.1, -0.05) is 0 Å². The summed E-state index contributed by atoms with van der Waals surface area (Å²) in [5, 5.41) is 8.67. The number of benzene rings is 1. The average Bonchev–Trinajstić information content (AvgIpc) is 2.41. The van der Waals surface area contributed by atoms with E-state index in [0.717, 1.165) is 12.3 Å². The molecule has 1 aromatic rings. The lowest BCUT2D eigenvalue weighted by Crippen LogP contribution is -2.42. The fourth-order valence-corrected chi connectivity index (χ4v) is 3.17. The summed E-state index contributed by atoms with van der Waals surface area (Å²) in [6, 6.07) is 9.00. The molecule has 102 valence electrons. The third kappa shape index (κ3) is 4.23. The Labute approximate surface area is 113 Å². The van der Waals surface area contributed by atoms with Gasteiger partial charge in [0.15, 0.2) is 9.84 Å². The number of nitriles is 1. The summed E-state index contributed by atoms with van der Waals surface area (Å²) in [5.41, 5.74) is 0.605. The zero-order valence-electron chi connectivity index (χ0n) is 10.6. The normalized spacial score (nSPS) is 18.7. The molecule has 0 saturated carbocycles. The van der Waals surface area contributed by atoms with Crippen molar-refractivity contribution < 1.29 is 13.2 Å². The molecule has 2 rings (SSSR count). The van der Waals surface area contributed by atoms with Crippen LogP contribution in [-0.4, -0.2) is 51.1 Å². The minimum atomic E-state index is -2.81. The van der Waals surface area contributed by atoms with Crippen LogP contribution in [0.3, 0.4) is 0 Å². The summed E-state index contributed by atoms with van der Waals surface area (Å²) in [6.45, 7) is 2.40. The van der Waals surface area contributed by atoms with Crippen molar-refractivity contribution in [2.24, 2.45) is 0 Å². The number of rotatable bonds is 4.